The van der Waals surface area contributed by atoms with Gasteiger partial charge in [0.2, 0.25) is 5.91 Å². The molecule has 0 aliphatic heterocycles. The summed E-state index contributed by atoms with van der Waals surface area (Å²) in [4.78, 5) is 11.9. The normalized spacial score (nSPS) is 11.9. The minimum Gasteiger partial charge on any atom is -0.356 e. The summed E-state index contributed by atoms with van der Waals surface area (Å²) in [7, 11) is 0. The van der Waals surface area contributed by atoms with Crippen molar-refractivity contribution in [2.24, 2.45) is 5.73 Å². The van der Waals surface area contributed by atoms with E-state index in [0.717, 1.165) is 17.5 Å². The first-order chi connectivity index (χ1) is 10.1. The van der Waals surface area contributed by atoms with Gasteiger partial charge in [0.1, 0.15) is 0 Å². The molecule has 0 bridgehead atoms. The molecule has 110 valence electrons. The van der Waals surface area contributed by atoms with Gasteiger partial charge in [0.05, 0.1) is 6.42 Å². The van der Waals surface area contributed by atoms with Crippen molar-refractivity contribution < 1.29 is 4.79 Å². The van der Waals surface area contributed by atoms with Crippen molar-refractivity contribution in [3.05, 3.63) is 71.3 Å². The molecule has 3 nitrogen and oxygen atoms in total. The second kappa shape index (κ2) is 7.60. The Morgan fingerprint density at radius 1 is 1.14 bits per heavy atom. The molecule has 1 unspecified atom stereocenters. The molecule has 2 aromatic carbocycles. The monoisotopic (exact) mass is 282 g/mol. The van der Waals surface area contributed by atoms with Crippen LogP contribution in [0.25, 0.3) is 0 Å². The minimum atomic E-state index is -0.0366. The van der Waals surface area contributed by atoms with Crippen LogP contribution in [-0.2, 0) is 11.2 Å². The summed E-state index contributed by atoms with van der Waals surface area (Å²) in [6.07, 6.45) is 1.16. The highest BCUT2D eigenvalue weighted by Crippen LogP contribution is 2.12. The van der Waals surface area contributed by atoms with Gasteiger partial charge in [-0.1, -0.05) is 60.2 Å². The smallest absolute Gasteiger partial charge is 0.224 e. The lowest BCUT2D eigenvalue weighted by atomic mass is 10.0. The fourth-order valence-electron chi connectivity index (χ4n) is 2.30. The van der Waals surface area contributed by atoms with Gasteiger partial charge in [0.25, 0.3) is 0 Å². The van der Waals surface area contributed by atoms with Crippen molar-refractivity contribution in [2.75, 3.05) is 6.54 Å². The highest BCUT2D eigenvalue weighted by atomic mass is 16.1. The molecule has 1 atom stereocenters. The van der Waals surface area contributed by atoms with Gasteiger partial charge >= 0.3 is 0 Å². The molecule has 0 saturated carbocycles. The molecule has 0 saturated heterocycles. The molecular weight excluding hydrogens is 260 g/mol. The Morgan fingerprint density at radius 3 is 2.62 bits per heavy atom. The lowest BCUT2D eigenvalue weighted by Crippen LogP contribution is -2.28. The van der Waals surface area contributed by atoms with Gasteiger partial charge in [-0.15, -0.1) is 0 Å². The molecule has 3 heteroatoms. The van der Waals surface area contributed by atoms with Crippen molar-refractivity contribution in [3.63, 3.8) is 0 Å². The van der Waals surface area contributed by atoms with E-state index >= 15 is 0 Å². The Hall–Kier alpha value is -2.13. The number of amides is 1. The van der Waals surface area contributed by atoms with Crippen molar-refractivity contribution in [1.29, 1.82) is 0 Å². The predicted molar refractivity (Wildman–Crippen MR) is 85.9 cm³/mol. The average Bonchev–Trinajstić information content (AvgIpc) is 2.48. The van der Waals surface area contributed by atoms with Gasteiger partial charge in [-0.25, -0.2) is 0 Å². The van der Waals surface area contributed by atoms with E-state index in [1.54, 1.807) is 0 Å². The summed E-state index contributed by atoms with van der Waals surface area (Å²) in [5.41, 5.74) is 9.42. The molecule has 0 fully saturated rings. The van der Waals surface area contributed by atoms with Crippen molar-refractivity contribution >= 4 is 5.91 Å². The van der Waals surface area contributed by atoms with E-state index < -0.39 is 0 Å². The molecular formula is C18H22N2O. The fourth-order valence-corrected chi connectivity index (χ4v) is 2.30. The van der Waals surface area contributed by atoms with E-state index in [0.29, 0.717) is 13.0 Å². The van der Waals surface area contributed by atoms with E-state index in [-0.39, 0.29) is 11.9 Å². The summed E-state index contributed by atoms with van der Waals surface area (Å²) in [6, 6.07) is 17.9. The summed E-state index contributed by atoms with van der Waals surface area (Å²) in [6.45, 7) is 2.63. The standard InChI is InChI=1S/C18H22N2O/c1-14-6-5-7-15(12-14)13-18(21)20-11-10-17(19)16-8-3-2-4-9-16/h2-9,12,17H,10-11,13,19H2,1H3,(H,20,21). The number of nitrogens with two attached hydrogens (primary N) is 1. The van der Waals surface area contributed by atoms with Gasteiger partial charge in [-0.2, -0.15) is 0 Å². The quantitative estimate of drug-likeness (QED) is 0.856. The predicted octanol–water partition coefficient (Wildman–Crippen LogP) is 2.74. The zero-order valence-corrected chi connectivity index (χ0v) is 12.4. The molecule has 0 spiro atoms. The minimum absolute atomic E-state index is 0.0366. The summed E-state index contributed by atoms with van der Waals surface area (Å²) in [5, 5.41) is 2.93. The number of rotatable bonds is 6. The molecule has 21 heavy (non-hydrogen) atoms. The topological polar surface area (TPSA) is 55.1 Å². The Bertz CT molecular complexity index is 581. The summed E-state index contributed by atoms with van der Waals surface area (Å²) < 4.78 is 0. The first-order valence-corrected chi connectivity index (χ1v) is 7.28. The largest absolute Gasteiger partial charge is 0.356 e. The van der Waals surface area contributed by atoms with Gasteiger partial charge in [0.15, 0.2) is 0 Å². The number of hydrogen-bond donors (Lipinski definition) is 2. The molecule has 0 aliphatic carbocycles. The maximum absolute atomic E-state index is 11.9. The molecule has 0 aliphatic rings. The van der Waals surface area contributed by atoms with Crippen molar-refractivity contribution in [2.45, 2.75) is 25.8 Å². The maximum Gasteiger partial charge on any atom is 0.224 e. The first kappa shape index (κ1) is 15.3. The van der Waals surface area contributed by atoms with E-state index in [1.165, 1.54) is 5.56 Å². The SMILES string of the molecule is Cc1cccc(CC(=O)NCCC(N)c2ccccc2)c1. The summed E-state index contributed by atoms with van der Waals surface area (Å²) >= 11 is 0. The zero-order valence-electron chi connectivity index (χ0n) is 12.4. The van der Waals surface area contributed by atoms with Crippen LogP contribution in [0.2, 0.25) is 0 Å². The number of aryl methyl sites for hydroxylation is 1. The average molecular weight is 282 g/mol. The Labute approximate surface area is 126 Å². The van der Waals surface area contributed by atoms with E-state index in [4.69, 9.17) is 5.73 Å². The van der Waals surface area contributed by atoms with Gasteiger partial charge < -0.3 is 11.1 Å². The lowest BCUT2D eigenvalue weighted by molar-refractivity contribution is -0.120. The molecule has 1 amide bonds. The van der Waals surface area contributed by atoms with Crippen LogP contribution in [0.15, 0.2) is 54.6 Å². The highest BCUT2D eigenvalue weighted by Gasteiger charge is 2.07. The Morgan fingerprint density at radius 2 is 1.90 bits per heavy atom. The van der Waals surface area contributed by atoms with Gasteiger partial charge in [-0.05, 0) is 24.5 Å². The van der Waals surface area contributed by atoms with Crippen LogP contribution < -0.4 is 11.1 Å². The zero-order chi connectivity index (χ0) is 15.1. The third-order valence-electron chi connectivity index (χ3n) is 3.45. The number of carbonyl (C=O) groups excluding carboxylic acids is 1. The summed E-state index contributed by atoms with van der Waals surface area (Å²) in [5.74, 6) is 0.0425. The number of nitrogens with one attached hydrogen (secondary N) is 1. The van der Waals surface area contributed by atoms with Crippen LogP contribution in [0.3, 0.4) is 0 Å². The third-order valence-corrected chi connectivity index (χ3v) is 3.45. The molecule has 2 rings (SSSR count). The molecule has 0 radical (unpaired) electrons. The number of carbonyl (C=O) groups is 1. The van der Waals surface area contributed by atoms with Crippen LogP contribution in [0.5, 0.6) is 0 Å². The lowest BCUT2D eigenvalue weighted by Gasteiger charge is -2.12. The van der Waals surface area contributed by atoms with Crippen LogP contribution >= 0.6 is 0 Å². The first-order valence-electron chi connectivity index (χ1n) is 7.28. The van der Waals surface area contributed by atoms with Crippen LogP contribution in [0.4, 0.5) is 0 Å². The van der Waals surface area contributed by atoms with Crippen molar-refractivity contribution in [1.82, 2.24) is 5.32 Å². The number of benzene rings is 2. The third kappa shape index (κ3) is 5.04. The molecule has 2 aromatic rings. The van der Waals surface area contributed by atoms with E-state index in [1.807, 2.05) is 61.5 Å². The Kier molecular flexibility index (Phi) is 5.52. The fraction of sp³-hybridized carbons (Fsp3) is 0.278. The number of hydrogen-bond acceptors (Lipinski definition) is 2. The molecule has 0 aromatic heterocycles. The van der Waals surface area contributed by atoms with Gasteiger partial charge in [-0.3, -0.25) is 4.79 Å². The molecule has 3 N–H and O–H groups in total. The van der Waals surface area contributed by atoms with E-state index in [2.05, 4.69) is 5.32 Å². The van der Waals surface area contributed by atoms with Crippen molar-refractivity contribution in [3.8, 4) is 0 Å². The highest BCUT2D eigenvalue weighted by molar-refractivity contribution is 5.78. The van der Waals surface area contributed by atoms with Crippen LogP contribution in [-0.4, -0.2) is 12.5 Å². The second-order valence-electron chi connectivity index (χ2n) is 5.32. The van der Waals surface area contributed by atoms with Gasteiger partial charge in [0, 0.05) is 12.6 Å². The van der Waals surface area contributed by atoms with Crippen LogP contribution in [0, 0.1) is 6.92 Å². The van der Waals surface area contributed by atoms with Crippen LogP contribution in [0.1, 0.15) is 29.2 Å². The second-order valence-corrected chi connectivity index (χ2v) is 5.32. The maximum atomic E-state index is 11.9. The van der Waals surface area contributed by atoms with E-state index in [9.17, 15) is 4.79 Å². The molecule has 0 heterocycles. The Balaban J connectivity index is 1.74.